The summed E-state index contributed by atoms with van der Waals surface area (Å²) in [5.74, 6) is 1.68. The molecule has 0 unspecified atom stereocenters. The molecule has 2 aromatic rings. The molecule has 0 amide bonds. The van der Waals surface area contributed by atoms with E-state index in [1.807, 2.05) is 18.2 Å². The van der Waals surface area contributed by atoms with Crippen LogP contribution in [0.4, 0.5) is 14.6 Å². The van der Waals surface area contributed by atoms with Gasteiger partial charge in [0.15, 0.2) is 5.96 Å². The smallest absolute Gasteiger partial charge is 0.387 e. The minimum absolute atomic E-state index is 0.0935. The second kappa shape index (κ2) is 10.2. The van der Waals surface area contributed by atoms with Gasteiger partial charge in [0.05, 0.1) is 0 Å². The maximum absolute atomic E-state index is 12.6. The van der Waals surface area contributed by atoms with Crippen molar-refractivity contribution in [3.63, 3.8) is 0 Å². The minimum atomic E-state index is -2.89. The fraction of sp³-hybridized carbons (Fsp3) is 0.400. The van der Waals surface area contributed by atoms with Crippen LogP contribution in [0.1, 0.15) is 18.4 Å². The van der Waals surface area contributed by atoms with Crippen molar-refractivity contribution in [3.8, 4) is 5.75 Å². The van der Waals surface area contributed by atoms with Crippen molar-refractivity contribution in [3.05, 3.63) is 53.2 Å². The van der Waals surface area contributed by atoms with Crippen LogP contribution in [0.25, 0.3) is 0 Å². The van der Waals surface area contributed by atoms with Gasteiger partial charge in [-0.1, -0.05) is 17.7 Å². The van der Waals surface area contributed by atoms with Gasteiger partial charge in [-0.25, -0.2) is 4.98 Å². The van der Waals surface area contributed by atoms with Gasteiger partial charge >= 0.3 is 6.61 Å². The Balaban J connectivity index is 1.52. The molecule has 0 aliphatic carbocycles. The number of ether oxygens (including phenoxy) is 1. The SMILES string of the molecule is CN=C(NCc1cc(Cl)ccc1OC(F)F)NC1CCN(c2ccccn2)CC1. The lowest BCUT2D eigenvalue weighted by atomic mass is 10.1. The number of hydrogen-bond donors (Lipinski definition) is 2. The zero-order valence-corrected chi connectivity index (χ0v) is 16.9. The van der Waals surface area contributed by atoms with E-state index in [9.17, 15) is 8.78 Å². The minimum Gasteiger partial charge on any atom is -0.434 e. The third-order valence-electron chi connectivity index (χ3n) is 4.72. The average molecular weight is 424 g/mol. The van der Waals surface area contributed by atoms with Gasteiger partial charge in [-0.3, -0.25) is 4.99 Å². The summed E-state index contributed by atoms with van der Waals surface area (Å²) in [7, 11) is 1.67. The number of alkyl halides is 2. The highest BCUT2D eigenvalue weighted by Crippen LogP contribution is 2.24. The Bertz CT molecular complexity index is 814. The summed E-state index contributed by atoms with van der Waals surface area (Å²) < 4.78 is 29.8. The molecule has 156 valence electrons. The molecule has 0 radical (unpaired) electrons. The maximum atomic E-state index is 12.6. The topological polar surface area (TPSA) is 61.8 Å². The van der Waals surface area contributed by atoms with E-state index >= 15 is 0 Å². The van der Waals surface area contributed by atoms with Crippen molar-refractivity contribution in [1.82, 2.24) is 15.6 Å². The number of halogens is 3. The number of rotatable bonds is 6. The second-order valence-electron chi connectivity index (χ2n) is 6.65. The summed E-state index contributed by atoms with van der Waals surface area (Å²) in [5.41, 5.74) is 0.533. The quantitative estimate of drug-likeness (QED) is 0.548. The third kappa shape index (κ3) is 6.19. The van der Waals surface area contributed by atoms with E-state index in [4.69, 9.17) is 11.6 Å². The number of guanidine groups is 1. The lowest BCUT2D eigenvalue weighted by molar-refractivity contribution is -0.0504. The van der Waals surface area contributed by atoms with Crippen LogP contribution >= 0.6 is 11.6 Å². The first kappa shape index (κ1) is 21.1. The van der Waals surface area contributed by atoms with Gasteiger partial charge in [0.1, 0.15) is 11.6 Å². The number of piperidine rings is 1. The lowest BCUT2D eigenvalue weighted by Crippen LogP contribution is -2.48. The van der Waals surface area contributed by atoms with Crippen LogP contribution in [0.5, 0.6) is 5.75 Å². The van der Waals surface area contributed by atoms with Crippen molar-refractivity contribution in [2.45, 2.75) is 32.0 Å². The molecule has 2 heterocycles. The highest BCUT2D eigenvalue weighted by atomic mass is 35.5. The van der Waals surface area contributed by atoms with E-state index in [2.05, 4.69) is 30.2 Å². The van der Waals surface area contributed by atoms with Gasteiger partial charge in [-0.15, -0.1) is 0 Å². The van der Waals surface area contributed by atoms with E-state index < -0.39 is 6.61 Å². The Morgan fingerprint density at radius 1 is 1.31 bits per heavy atom. The molecule has 1 aromatic carbocycles. The first-order valence-corrected chi connectivity index (χ1v) is 9.79. The second-order valence-corrected chi connectivity index (χ2v) is 7.09. The molecular weight excluding hydrogens is 400 g/mol. The molecule has 3 rings (SSSR count). The van der Waals surface area contributed by atoms with Crippen molar-refractivity contribution in [2.75, 3.05) is 25.0 Å². The Morgan fingerprint density at radius 3 is 2.76 bits per heavy atom. The predicted octanol–water partition coefficient (Wildman–Crippen LogP) is 3.67. The number of anilines is 1. The van der Waals surface area contributed by atoms with Crippen LogP contribution in [-0.4, -0.2) is 43.7 Å². The molecular formula is C20H24ClF2N5O. The molecule has 1 fully saturated rings. The van der Waals surface area contributed by atoms with Crippen molar-refractivity contribution >= 4 is 23.4 Å². The summed E-state index contributed by atoms with van der Waals surface area (Å²) >= 11 is 6.00. The van der Waals surface area contributed by atoms with Crippen LogP contribution in [0.15, 0.2) is 47.6 Å². The van der Waals surface area contributed by atoms with Gasteiger partial charge in [0.2, 0.25) is 0 Å². The largest absolute Gasteiger partial charge is 0.434 e. The number of nitrogens with one attached hydrogen (secondary N) is 2. The van der Waals surface area contributed by atoms with Crippen molar-refractivity contribution in [1.29, 1.82) is 0 Å². The molecule has 0 atom stereocenters. The molecule has 1 saturated heterocycles. The number of aliphatic imine (C=N–C) groups is 1. The van der Waals surface area contributed by atoms with Gasteiger partial charge in [0.25, 0.3) is 0 Å². The molecule has 1 aliphatic rings. The normalized spacial score (nSPS) is 15.5. The molecule has 0 bridgehead atoms. The molecule has 1 aromatic heterocycles. The lowest BCUT2D eigenvalue weighted by Gasteiger charge is -2.33. The first-order valence-electron chi connectivity index (χ1n) is 9.41. The third-order valence-corrected chi connectivity index (χ3v) is 4.95. The van der Waals surface area contributed by atoms with Crippen molar-refractivity contribution < 1.29 is 13.5 Å². The molecule has 1 aliphatic heterocycles. The highest BCUT2D eigenvalue weighted by molar-refractivity contribution is 6.30. The Morgan fingerprint density at radius 2 is 2.10 bits per heavy atom. The predicted molar refractivity (Wildman–Crippen MR) is 111 cm³/mol. The number of nitrogens with zero attached hydrogens (tertiary/aromatic N) is 3. The van der Waals surface area contributed by atoms with Crippen molar-refractivity contribution in [2.24, 2.45) is 4.99 Å². The van der Waals surface area contributed by atoms with E-state index in [-0.39, 0.29) is 18.3 Å². The van der Waals surface area contributed by atoms with Crippen LogP contribution < -0.4 is 20.3 Å². The number of hydrogen-bond acceptors (Lipinski definition) is 4. The van der Waals surface area contributed by atoms with Crippen LogP contribution in [0, 0.1) is 0 Å². The van der Waals surface area contributed by atoms with Gasteiger partial charge in [-0.05, 0) is 43.2 Å². The summed E-state index contributed by atoms with van der Waals surface area (Å²) in [4.78, 5) is 10.9. The fourth-order valence-electron chi connectivity index (χ4n) is 3.26. The van der Waals surface area contributed by atoms with E-state index in [1.165, 1.54) is 12.1 Å². The van der Waals surface area contributed by atoms with Crippen LogP contribution in [-0.2, 0) is 6.54 Å². The molecule has 0 saturated carbocycles. The Hall–Kier alpha value is -2.61. The maximum Gasteiger partial charge on any atom is 0.387 e. The van der Waals surface area contributed by atoms with Gasteiger partial charge in [0, 0.05) is 49.5 Å². The van der Waals surface area contributed by atoms with Crippen LogP contribution in [0.2, 0.25) is 5.02 Å². The van der Waals surface area contributed by atoms with Gasteiger partial charge in [-0.2, -0.15) is 8.78 Å². The zero-order chi connectivity index (χ0) is 20.6. The molecule has 9 heteroatoms. The highest BCUT2D eigenvalue weighted by Gasteiger charge is 2.21. The molecule has 29 heavy (non-hydrogen) atoms. The Labute approximate surface area is 173 Å². The summed E-state index contributed by atoms with van der Waals surface area (Å²) in [6.45, 7) is -0.843. The summed E-state index contributed by atoms with van der Waals surface area (Å²) in [6.07, 6.45) is 3.68. The Kier molecular flexibility index (Phi) is 7.46. The number of benzene rings is 1. The summed E-state index contributed by atoms with van der Waals surface area (Å²) in [5, 5.41) is 6.99. The fourth-order valence-corrected chi connectivity index (χ4v) is 3.45. The zero-order valence-electron chi connectivity index (χ0n) is 16.1. The van der Waals surface area contributed by atoms with Gasteiger partial charge < -0.3 is 20.3 Å². The average Bonchev–Trinajstić information content (AvgIpc) is 2.73. The van der Waals surface area contributed by atoms with E-state index in [0.29, 0.717) is 16.5 Å². The number of pyridine rings is 1. The monoisotopic (exact) mass is 423 g/mol. The molecule has 2 N–H and O–H groups in total. The standard InChI is InChI=1S/C20H24ClF2N5O/c1-24-20(26-13-14-12-15(21)5-6-17(14)29-19(22)23)27-16-7-10-28(11-8-16)18-4-2-3-9-25-18/h2-6,9,12,16,19H,7-8,10-11,13H2,1H3,(H2,24,26,27). The van der Waals surface area contributed by atoms with E-state index in [0.717, 1.165) is 31.7 Å². The van der Waals surface area contributed by atoms with E-state index in [1.54, 1.807) is 19.3 Å². The molecule has 0 spiro atoms. The van der Waals surface area contributed by atoms with Crippen LogP contribution in [0.3, 0.4) is 0 Å². The first-order chi connectivity index (χ1) is 14.0. The summed E-state index contributed by atoms with van der Waals surface area (Å²) in [6, 6.07) is 10.7. The molecule has 6 nitrogen and oxygen atoms in total. The number of aromatic nitrogens is 1.